The highest BCUT2D eigenvalue weighted by Crippen LogP contribution is 2.22. The molecule has 0 aromatic rings. The van der Waals surface area contributed by atoms with Gasteiger partial charge in [-0.1, -0.05) is 177 Å². The van der Waals surface area contributed by atoms with Crippen LogP contribution >= 0.6 is 0 Å². The Kier molecular flexibility index (Phi) is 38.1. The summed E-state index contributed by atoms with van der Waals surface area (Å²) in [6.07, 6.45) is 46.9. The summed E-state index contributed by atoms with van der Waals surface area (Å²) in [5.41, 5.74) is 0. The van der Waals surface area contributed by atoms with Crippen LogP contribution in [0.1, 0.15) is 200 Å². The number of allylic oxidation sites excluding steroid dienone is 9. The molecule has 348 valence electrons. The number of rotatable bonds is 40. The Morgan fingerprint density at radius 2 is 1.00 bits per heavy atom. The van der Waals surface area contributed by atoms with E-state index >= 15 is 0 Å². The van der Waals surface area contributed by atoms with E-state index in [-0.39, 0.29) is 12.5 Å². The molecular weight excluding hydrogens is 755 g/mol. The van der Waals surface area contributed by atoms with Crippen molar-refractivity contribution in [3.8, 4) is 0 Å². The SMILES string of the molecule is CCCCCC/C=C/CC/C=C/CC/C=C/C(O)C(COC1OC(CO)C(O)C(O)C1O)NC(=O)CCCCCCCCCCCCC/C=C\C/C=C\CCCCCCC. The van der Waals surface area contributed by atoms with Gasteiger partial charge < -0.3 is 40.3 Å². The average Bonchev–Trinajstić information content (AvgIpc) is 3.25. The molecule has 0 saturated carbocycles. The van der Waals surface area contributed by atoms with Crippen LogP contribution in [-0.4, -0.2) is 87.5 Å². The standard InChI is InChI=1S/C51H91NO8/c1-3-5-7-9-11-13-15-17-19-20-21-22-23-24-25-26-27-29-31-33-35-37-39-41-47(55)52-44(43-59-51-50(58)49(57)48(56)46(42-53)60-51)45(54)40-38-36-34-32-30-28-18-16-14-12-10-8-6-4-2/h14-17,20-21,30,32,38,40,44-46,48-51,53-54,56-58H,3-13,18-19,22-29,31,33-37,39,41-43H2,1-2H3,(H,52,55)/b16-14+,17-15-,21-20-,32-30+,40-38+. The Morgan fingerprint density at radius 3 is 1.52 bits per heavy atom. The second-order valence-corrected chi connectivity index (χ2v) is 16.9. The summed E-state index contributed by atoms with van der Waals surface area (Å²) in [5.74, 6) is -0.196. The molecule has 0 bridgehead atoms. The lowest BCUT2D eigenvalue weighted by Gasteiger charge is -2.40. The Hall–Kier alpha value is -2.11. The van der Waals surface area contributed by atoms with Gasteiger partial charge >= 0.3 is 0 Å². The Morgan fingerprint density at radius 1 is 0.567 bits per heavy atom. The lowest BCUT2D eigenvalue weighted by molar-refractivity contribution is -0.302. The number of aliphatic hydroxyl groups excluding tert-OH is 5. The lowest BCUT2D eigenvalue weighted by Crippen LogP contribution is -2.60. The molecule has 0 radical (unpaired) electrons. The topological polar surface area (TPSA) is 149 Å². The van der Waals surface area contributed by atoms with Crippen LogP contribution in [0, 0.1) is 0 Å². The second kappa shape index (κ2) is 40.9. The van der Waals surface area contributed by atoms with Gasteiger partial charge in [0.1, 0.15) is 24.4 Å². The molecule has 0 aromatic heterocycles. The molecule has 9 heteroatoms. The number of hydrogen-bond acceptors (Lipinski definition) is 8. The molecule has 1 rings (SSSR count). The van der Waals surface area contributed by atoms with Gasteiger partial charge in [0.05, 0.1) is 25.4 Å². The third-order valence-electron chi connectivity index (χ3n) is 11.3. The zero-order valence-electron chi connectivity index (χ0n) is 38.2. The van der Waals surface area contributed by atoms with E-state index in [1.54, 1.807) is 6.08 Å². The number of hydrogen-bond donors (Lipinski definition) is 6. The van der Waals surface area contributed by atoms with E-state index in [9.17, 15) is 30.3 Å². The van der Waals surface area contributed by atoms with Crippen LogP contribution in [0.3, 0.4) is 0 Å². The molecule has 0 spiro atoms. The maximum Gasteiger partial charge on any atom is 0.220 e. The fourth-order valence-corrected chi connectivity index (χ4v) is 7.33. The molecule has 0 aromatic carbocycles. The number of carbonyl (C=O) groups is 1. The van der Waals surface area contributed by atoms with Crippen LogP contribution in [0.4, 0.5) is 0 Å². The molecule has 7 unspecified atom stereocenters. The second-order valence-electron chi connectivity index (χ2n) is 16.9. The minimum atomic E-state index is -1.58. The quantitative estimate of drug-likeness (QED) is 0.0264. The molecule has 7 atom stereocenters. The largest absolute Gasteiger partial charge is 0.394 e. The number of ether oxygens (including phenoxy) is 2. The fourth-order valence-electron chi connectivity index (χ4n) is 7.33. The summed E-state index contributed by atoms with van der Waals surface area (Å²) in [5, 5.41) is 54.2. The summed E-state index contributed by atoms with van der Waals surface area (Å²) in [4.78, 5) is 13.0. The van der Waals surface area contributed by atoms with Crippen LogP contribution in [0.2, 0.25) is 0 Å². The number of carbonyl (C=O) groups excluding carboxylic acids is 1. The number of aliphatic hydroxyl groups is 5. The van der Waals surface area contributed by atoms with Crippen molar-refractivity contribution in [1.82, 2.24) is 5.32 Å². The molecule has 1 heterocycles. The number of nitrogens with one attached hydrogen (secondary N) is 1. The van der Waals surface area contributed by atoms with Gasteiger partial charge in [-0.3, -0.25) is 4.79 Å². The summed E-state index contributed by atoms with van der Waals surface area (Å²) in [6, 6.07) is -0.830. The van der Waals surface area contributed by atoms with Crippen molar-refractivity contribution >= 4 is 5.91 Å². The van der Waals surface area contributed by atoms with Crippen LogP contribution in [0.15, 0.2) is 60.8 Å². The molecule has 0 aliphatic carbocycles. The minimum absolute atomic E-state index is 0.196. The molecule has 60 heavy (non-hydrogen) atoms. The maximum absolute atomic E-state index is 13.0. The van der Waals surface area contributed by atoms with Gasteiger partial charge in [-0.2, -0.15) is 0 Å². The molecule has 1 aliphatic rings. The van der Waals surface area contributed by atoms with Crippen molar-refractivity contribution in [2.75, 3.05) is 13.2 Å². The first kappa shape index (κ1) is 55.9. The average molecular weight is 846 g/mol. The summed E-state index contributed by atoms with van der Waals surface area (Å²) in [7, 11) is 0. The highest BCUT2D eigenvalue weighted by atomic mass is 16.7. The molecular formula is C51H91NO8. The van der Waals surface area contributed by atoms with Gasteiger partial charge in [0, 0.05) is 6.42 Å². The molecule has 6 N–H and O–H groups in total. The Labute approximate surface area is 366 Å². The van der Waals surface area contributed by atoms with Crippen LogP contribution in [-0.2, 0) is 14.3 Å². The Bertz CT molecular complexity index is 1120. The number of unbranched alkanes of at least 4 members (excludes halogenated alkanes) is 22. The van der Waals surface area contributed by atoms with Crippen LogP contribution < -0.4 is 5.32 Å². The summed E-state index contributed by atoms with van der Waals surface area (Å²) < 4.78 is 11.2. The van der Waals surface area contributed by atoms with Crippen molar-refractivity contribution in [3.05, 3.63) is 60.8 Å². The van der Waals surface area contributed by atoms with E-state index in [4.69, 9.17) is 9.47 Å². The van der Waals surface area contributed by atoms with E-state index in [0.29, 0.717) is 6.42 Å². The van der Waals surface area contributed by atoms with Crippen LogP contribution in [0.5, 0.6) is 0 Å². The van der Waals surface area contributed by atoms with Gasteiger partial charge in [0.15, 0.2) is 6.29 Å². The van der Waals surface area contributed by atoms with E-state index < -0.39 is 49.5 Å². The third kappa shape index (κ3) is 30.8. The van der Waals surface area contributed by atoms with Crippen molar-refractivity contribution in [1.29, 1.82) is 0 Å². The third-order valence-corrected chi connectivity index (χ3v) is 11.3. The molecule has 1 amide bonds. The first-order chi connectivity index (χ1) is 29.3. The molecule has 1 saturated heterocycles. The molecule has 9 nitrogen and oxygen atoms in total. The molecule has 1 fully saturated rings. The summed E-state index contributed by atoms with van der Waals surface area (Å²) in [6.45, 7) is 3.71. The van der Waals surface area contributed by atoms with Gasteiger partial charge in [0.2, 0.25) is 5.91 Å². The minimum Gasteiger partial charge on any atom is -0.394 e. The predicted octanol–water partition coefficient (Wildman–Crippen LogP) is 10.8. The van der Waals surface area contributed by atoms with E-state index in [0.717, 1.165) is 57.8 Å². The highest BCUT2D eigenvalue weighted by Gasteiger charge is 2.44. The van der Waals surface area contributed by atoms with Gasteiger partial charge in [0.25, 0.3) is 0 Å². The van der Waals surface area contributed by atoms with Crippen molar-refractivity contribution < 1.29 is 39.8 Å². The highest BCUT2D eigenvalue weighted by molar-refractivity contribution is 5.76. The van der Waals surface area contributed by atoms with Crippen LogP contribution in [0.25, 0.3) is 0 Å². The van der Waals surface area contributed by atoms with E-state index in [1.807, 2.05) is 6.08 Å². The smallest absolute Gasteiger partial charge is 0.220 e. The van der Waals surface area contributed by atoms with Crippen molar-refractivity contribution in [2.45, 2.75) is 243 Å². The van der Waals surface area contributed by atoms with E-state index in [1.165, 1.54) is 122 Å². The van der Waals surface area contributed by atoms with E-state index in [2.05, 4.69) is 67.8 Å². The zero-order valence-corrected chi connectivity index (χ0v) is 38.2. The number of amides is 1. The van der Waals surface area contributed by atoms with Gasteiger partial charge in [-0.25, -0.2) is 0 Å². The first-order valence-corrected chi connectivity index (χ1v) is 24.5. The fraction of sp³-hybridized carbons (Fsp3) is 0.784. The Balaban J connectivity index is 2.31. The predicted molar refractivity (Wildman–Crippen MR) is 249 cm³/mol. The normalized spacial score (nSPS) is 21.1. The monoisotopic (exact) mass is 846 g/mol. The summed E-state index contributed by atoms with van der Waals surface area (Å²) >= 11 is 0. The first-order valence-electron chi connectivity index (χ1n) is 24.5. The van der Waals surface area contributed by atoms with Gasteiger partial charge in [-0.15, -0.1) is 0 Å². The molecule has 1 aliphatic heterocycles. The maximum atomic E-state index is 13.0. The van der Waals surface area contributed by atoms with Gasteiger partial charge in [-0.05, 0) is 77.0 Å². The lowest BCUT2D eigenvalue weighted by atomic mass is 9.99. The van der Waals surface area contributed by atoms with Crippen molar-refractivity contribution in [2.24, 2.45) is 0 Å². The van der Waals surface area contributed by atoms with Crippen molar-refractivity contribution in [3.63, 3.8) is 0 Å². The zero-order chi connectivity index (χ0) is 43.7.